The van der Waals surface area contributed by atoms with Gasteiger partial charge in [-0.3, -0.25) is 4.79 Å². The zero-order valence-corrected chi connectivity index (χ0v) is 20.9. The van der Waals surface area contributed by atoms with Gasteiger partial charge in [0.2, 0.25) is 5.91 Å². The van der Waals surface area contributed by atoms with Crippen LogP contribution in [0.4, 0.5) is 10.2 Å². The Morgan fingerprint density at radius 3 is 2.76 bits per heavy atom. The molecule has 0 aliphatic heterocycles. The maximum absolute atomic E-state index is 14.9. The summed E-state index contributed by atoms with van der Waals surface area (Å²) in [6.07, 6.45) is 3.19. The Bertz CT molecular complexity index is 1220. The van der Waals surface area contributed by atoms with Crippen LogP contribution in [0.1, 0.15) is 6.42 Å². The van der Waals surface area contributed by atoms with Gasteiger partial charge in [0.15, 0.2) is 0 Å². The molecule has 0 spiro atoms. The molecular weight excluding hydrogens is 453 g/mol. The van der Waals surface area contributed by atoms with Crippen molar-refractivity contribution in [3.63, 3.8) is 0 Å². The van der Waals surface area contributed by atoms with Crippen LogP contribution in [0.15, 0.2) is 36.5 Å². The molecule has 1 aliphatic rings. The van der Waals surface area contributed by atoms with Gasteiger partial charge in [0.25, 0.3) is 0 Å². The number of rotatable bonds is 10. The number of pyridine rings is 1. The average Bonchev–Trinajstić information content (AvgIpc) is 3.51. The summed E-state index contributed by atoms with van der Waals surface area (Å²) in [6.45, 7) is 7.73. The molecular formula is C25H30FN3O4Si. The molecule has 1 saturated carbocycles. The van der Waals surface area contributed by atoms with E-state index in [2.05, 4.69) is 29.9 Å². The third-order valence-electron chi connectivity index (χ3n) is 6.02. The summed E-state index contributed by atoms with van der Waals surface area (Å²) in [4.78, 5) is 28.0. The van der Waals surface area contributed by atoms with Crippen LogP contribution in [-0.2, 0) is 21.1 Å². The van der Waals surface area contributed by atoms with Gasteiger partial charge in [-0.05, 0) is 36.7 Å². The van der Waals surface area contributed by atoms with Gasteiger partial charge in [0, 0.05) is 43.7 Å². The van der Waals surface area contributed by atoms with E-state index in [-0.39, 0.29) is 24.5 Å². The van der Waals surface area contributed by atoms with Gasteiger partial charge in [-0.25, -0.2) is 9.37 Å². The smallest absolute Gasteiger partial charge is 0.229 e. The Labute approximate surface area is 199 Å². The summed E-state index contributed by atoms with van der Waals surface area (Å²) in [6, 6.07) is 9.23. The molecule has 1 amide bonds. The van der Waals surface area contributed by atoms with Crippen molar-refractivity contribution in [2.24, 2.45) is 11.8 Å². The number of ether oxygens (including phenoxy) is 2. The first-order chi connectivity index (χ1) is 16.2. The van der Waals surface area contributed by atoms with Gasteiger partial charge in [-0.1, -0.05) is 25.7 Å². The number of nitrogens with one attached hydrogen (secondary N) is 1. The summed E-state index contributed by atoms with van der Waals surface area (Å²) in [7, 11) is 0.261. The first-order valence-corrected chi connectivity index (χ1v) is 15.1. The normalized spacial score (nSPS) is 17.6. The van der Waals surface area contributed by atoms with E-state index in [0.717, 1.165) is 12.3 Å². The first-order valence-electron chi connectivity index (χ1n) is 11.4. The number of halogens is 1. The minimum Gasteiger partial charge on any atom is -0.496 e. The molecule has 7 nitrogen and oxygen atoms in total. The number of amides is 1. The molecule has 0 unspecified atom stereocenters. The first kappa shape index (κ1) is 24.1. The van der Waals surface area contributed by atoms with E-state index in [1.54, 1.807) is 18.2 Å². The number of anilines is 1. The third kappa shape index (κ3) is 5.20. The van der Waals surface area contributed by atoms with E-state index in [1.165, 1.54) is 13.2 Å². The number of aromatic nitrogens is 2. The van der Waals surface area contributed by atoms with Gasteiger partial charge in [-0.15, -0.1) is 0 Å². The molecule has 2 atom stereocenters. The molecule has 0 bridgehead atoms. The molecule has 3 aromatic rings. The van der Waals surface area contributed by atoms with Crippen molar-refractivity contribution >= 4 is 37.1 Å². The second-order valence-corrected chi connectivity index (χ2v) is 15.5. The van der Waals surface area contributed by atoms with Crippen molar-refractivity contribution in [3.8, 4) is 16.9 Å². The van der Waals surface area contributed by atoms with Crippen LogP contribution >= 0.6 is 0 Å². The summed E-state index contributed by atoms with van der Waals surface area (Å²) < 4.78 is 28.1. The number of hydrogen-bond donors (Lipinski definition) is 1. The number of hydrogen-bond acceptors (Lipinski definition) is 5. The van der Waals surface area contributed by atoms with Gasteiger partial charge < -0.3 is 24.2 Å². The molecule has 1 aliphatic carbocycles. The molecule has 1 aromatic carbocycles. The lowest BCUT2D eigenvalue weighted by Crippen LogP contribution is -2.22. The molecule has 4 rings (SSSR count). The molecule has 1 fully saturated rings. The van der Waals surface area contributed by atoms with Gasteiger partial charge in [0.05, 0.1) is 12.7 Å². The topological polar surface area (TPSA) is 82.4 Å². The Morgan fingerprint density at radius 2 is 2.09 bits per heavy atom. The quantitative estimate of drug-likeness (QED) is 0.251. The van der Waals surface area contributed by atoms with E-state index in [0.29, 0.717) is 46.8 Å². The van der Waals surface area contributed by atoms with E-state index >= 15 is 0 Å². The Hall–Kier alpha value is -3.04. The maximum Gasteiger partial charge on any atom is 0.229 e. The standard InChI is InChI=1S/C25H30FN3O4Si/c1-32-21-7-5-6-20(26)23(21)19-13-29(15-33-10-11-34(2,3)4)24-17(19)8-9-22(27-24)28-25(31)18-12-16(18)14-30/h5-9,13-14,16,18H,10-12,15H2,1-4H3,(H,27,28,31)/t16-,18+/m0/s1. The lowest BCUT2D eigenvalue weighted by atomic mass is 10.0. The second kappa shape index (κ2) is 9.67. The Kier molecular flexibility index (Phi) is 6.86. The zero-order chi connectivity index (χ0) is 24.5. The number of nitrogens with zero attached hydrogens (tertiary/aromatic N) is 2. The number of methoxy groups -OCH3 is 1. The van der Waals surface area contributed by atoms with Crippen LogP contribution in [0.2, 0.25) is 25.7 Å². The SMILES string of the molecule is COc1cccc(F)c1-c1cn(COCC[Si](C)(C)C)c2nc(NC(=O)[C@@H]3C[C@H]3C=O)ccc12. The molecule has 1 N–H and O–H groups in total. The summed E-state index contributed by atoms with van der Waals surface area (Å²) in [5.74, 6) is -0.335. The molecule has 180 valence electrons. The minimum absolute atomic E-state index is 0.215. The number of carbonyl (C=O) groups excluding carboxylic acids is 2. The largest absolute Gasteiger partial charge is 0.496 e. The fourth-order valence-corrected chi connectivity index (χ4v) is 4.65. The summed E-state index contributed by atoms with van der Waals surface area (Å²) in [5, 5.41) is 3.52. The van der Waals surface area contributed by atoms with E-state index in [1.807, 2.05) is 16.8 Å². The van der Waals surface area contributed by atoms with Gasteiger partial charge in [0.1, 0.15) is 36.0 Å². The highest BCUT2D eigenvalue weighted by Gasteiger charge is 2.42. The Balaban J connectivity index is 1.69. The van der Waals surface area contributed by atoms with Crippen LogP contribution in [0.5, 0.6) is 5.75 Å². The number of fused-ring (bicyclic) bond motifs is 1. The van der Waals surface area contributed by atoms with Crippen molar-refractivity contribution in [1.82, 2.24) is 9.55 Å². The predicted octanol–water partition coefficient (Wildman–Crippen LogP) is 4.94. The third-order valence-corrected chi connectivity index (χ3v) is 7.72. The molecule has 0 radical (unpaired) electrons. The minimum atomic E-state index is -1.25. The van der Waals surface area contributed by atoms with Crippen LogP contribution in [0.3, 0.4) is 0 Å². The average molecular weight is 484 g/mol. The van der Waals surface area contributed by atoms with Crippen LogP contribution < -0.4 is 10.1 Å². The lowest BCUT2D eigenvalue weighted by molar-refractivity contribution is -0.119. The molecule has 34 heavy (non-hydrogen) atoms. The van der Waals surface area contributed by atoms with E-state index in [9.17, 15) is 14.0 Å². The lowest BCUT2D eigenvalue weighted by Gasteiger charge is -2.15. The van der Waals surface area contributed by atoms with E-state index in [4.69, 9.17) is 9.47 Å². The maximum atomic E-state index is 14.9. The highest BCUT2D eigenvalue weighted by atomic mass is 28.3. The molecule has 9 heteroatoms. The van der Waals surface area contributed by atoms with Gasteiger partial charge >= 0.3 is 0 Å². The van der Waals surface area contributed by atoms with Crippen molar-refractivity contribution < 1.29 is 23.5 Å². The van der Waals surface area contributed by atoms with Crippen LogP contribution in [0, 0.1) is 17.7 Å². The fraction of sp³-hybridized carbons (Fsp3) is 0.400. The monoisotopic (exact) mass is 483 g/mol. The van der Waals surface area contributed by atoms with Gasteiger partial charge in [-0.2, -0.15) is 0 Å². The van der Waals surface area contributed by atoms with Crippen molar-refractivity contribution in [1.29, 1.82) is 0 Å². The number of carbonyl (C=O) groups is 2. The molecule has 2 heterocycles. The predicted molar refractivity (Wildman–Crippen MR) is 132 cm³/mol. The van der Waals surface area contributed by atoms with Crippen LogP contribution in [0.25, 0.3) is 22.2 Å². The number of benzene rings is 1. The highest BCUT2D eigenvalue weighted by molar-refractivity contribution is 6.76. The summed E-state index contributed by atoms with van der Waals surface area (Å²) >= 11 is 0. The Morgan fingerprint density at radius 1 is 1.29 bits per heavy atom. The van der Waals surface area contributed by atoms with Crippen LogP contribution in [-0.4, -0.2) is 43.5 Å². The molecule has 2 aromatic heterocycles. The van der Waals surface area contributed by atoms with E-state index < -0.39 is 13.9 Å². The molecule has 0 saturated heterocycles. The number of aldehydes is 1. The summed E-state index contributed by atoms with van der Waals surface area (Å²) in [5.41, 5.74) is 1.54. The highest BCUT2D eigenvalue weighted by Crippen LogP contribution is 2.39. The van der Waals surface area contributed by atoms with Crippen molar-refractivity contribution in [3.05, 3.63) is 42.3 Å². The zero-order valence-electron chi connectivity index (χ0n) is 19.9. The fourth-order valence-electron chi connectivity index (χ4n) is 3.89. The van der Waals surface area contributed by atoms with Crippen molar-refractivity contribution in [2.45, 2.75) is 38.8 Å². The van der Waals surface area contributed by atoms with Crippen molar-refractivity contribution in [2.75, 3.05) is 19.0 Å². The second-order valence-electron chi connectivity index (χ2n) is 9.88.